The number of hydrogen-bond acceptors (Lipinski definition) is 4. The molecule has 0 unspecified atom stereocenters. The monoisotopic (exact) mass is 269 g/mol. The van der Waals surface area contributed by atoms with Crippen molar-refractivity contribution in [1.82, 2.24) is 9.59 Å². The summed E-state index contributed by atoms with van der Waals surface area (Å²) in [6.07, 6.45) is 0. The number of rotatable bonds is 2. The summed E-state index contributed by atoms with van der Waals surface area (Å²) >= 11 is 4.82. The van der Waals surface area contributed by atoms with Gasteiger partial charge in [0, 0.05) is 16.6 Å². The first-order chi connectivity index (χ1) is 6.83. The zero-order valence-electron chi connectivity index (χ0n) is 7.27. The van der Waals surface area contributed by atoms with E-state index in [2.05, 4.69) is 25.5 Å². The third-order valence-electron chi connectivity index (χ3n) is 1.87. The van der Waals surface area contributed by atoms with Crippen LogP contribution in [-0.2, 0) is 6.54 Å². The molecule has 0 aliphatic heterocycles. The van der Waals surface area contributed by atoms with E-state index in [1.165, 1.54) is 11.5 Å². The molecule has 0 atom stereocenters. The fourth-order valence-electron chi connectivity index (χ4n) is 1.20. The highest BCUT2D eigenvalue weighted by molar-refractivity contribution is 9.10. The molecule has 0 spiro atoms. The topological polar surface area (TPSA) is 51.8 Å². The summed E-state index contributed by atoms with van der Waals surface area (Å²) in [6.45, 7) is 0.480. The standard InChI is InChI=1S/C9H8BrN3S/c10-7-4-2-1-3-6(7)9-8(5-11)14-13-12-9/h1-4H,5,11H2. The Kier molecular flexibility index (Phi) is 2.90. The molecule has 5 heteroatoms. The minimum Gasteiger partial charge on any atom is -0.326 e. The second-order valence-corrected chi connectivity index (χ2v) is 4.42. The number of nitrogens with two attached hydrogens (primary N) is 1. The number of hydrogen-bond donors (Lipinski definition) is 1. The largest absolute Gasteiger partial charge is 0.326 e. The van der Waals surface area contributed by atoms with Crippen molar-refractivity contribution in [1.29, 1.82) is 0 Å². The summed E-state index contributed by atoms with van der Waals surface area (Å²) in [7, 11) is 0. The molecular weight excluding hydrogens is 262 g/mol. The molecule has 1 heterocycles. The highest BCUT2D eigenvalue weighted by Crippen LogP contribution is 2.29. The molecular formula is C9H8BrN3S. The van der Waals surface area contributed by atoms with Crippen molar-refractivity contribution in [2.45, 2.75) is 6.54 Å². The van der Waals surface area contributed by atoms with Crippen LogP contribution in [0.1, 0.15) is 4.88 Å². The zero-order chi connectivity index (χ0) is 9.97. The Morgan fingerprint density at radius 2 is 2.14 bits per heavy atom. The second kappa shape index (κ2) is 4.16. The van der Waals surface area contributed by atoms with Crippen molar-refractivity contribution < 1.29 is 0 Å². The van der Waals surface area contributed by atoms with Crippen LogP contribution in [0.2, 0.25) is 0 Å². The average molecular weight is 270 g/mol. The van der Waals surface area contributed by atoms with E-state index in [1.54, 1.807) is 0 Å². The number of nitrogens with zero attached hydrogens (tertiary/aromatic N) is 2. The molecule has 0 saturated heterocycles. The third-order valence-corrected chi connectivity index (χ3v) is 3.31. The van der Waals surface area contributed by atoms with Crippen LogP contribution in [0, 0.1) is 0 Å². The molecule has 2 N–H and O–H groups in total. The lowest BCUT2D eigenvalue weighted by Gasteiger charge is -2.01. The molecule has 0 aliphatic rings. The van der Waals surface area contributed by atoms with Crippen LogP contribution in [0.4, 0.5) is 0 Å². The van der Waals surface area contributed by atoms with Gasteiger partial charge in [0.05, 0.1) is 4.88 Å². The molecule has 2 aromatic rings. The predicted octanol–water partition coefficient (Wildman–Crippen LogP) is 2.43. The van der Waals surface area contributed by atoms with Gasteiger partial charge >= 0.3 is 0 Å². The molecule has 0 saturated carbocycles. The first kappa shape index (κ1) is 9.76. The Balaban J connectivity index is 2.54. The number of halogens is 1. The van der Waals surface area contributed by atoms with Gasteiger partial charge in [0.2, 0.25) is 0 Å². The minimum absolute atomic E-state index is 0.480. The van der Waals surface area contributed by atoms with Crippen LogP contribution in [0.15, 0.2) is 28.7 Å². The Labute approximate surface area is 94.3 Å². The smallest absolute Gasteiger partial charge is 0.111 e. The van der Waals surface area contributed by atoms with Crippen LogP contribution in [0.25, 0.3) is 11.3 Å². The van der Waals surface area contributed by atoms with E-state index < -0.39 is 0 Å². The summed E-state index contributed by atoms with van der Waals surface area (Å²) < 4.78 is 4.92. The van der Waals surface area contributed by atoms with Crippen molar-refractivity contribution >= 4 is 27.5 Å². The molecule has 1 aromatic heterocycles. The lowest BCUT2D eigenvalue weighted by molar-refractivity contribution is 1.08. The van der Waals surface area contributed by atoms with Crippen LogP contribution in [0.5, 0.6) is 0 Å². The van der Waals surface area contributed by atoms with Crippen LogP contribution in [-0.4, -0.2) is 9.59 Å². The first-order valence-corrected chi connectivity index (χ1v) is 5.65. The van der Waals surface area contributed by atoms with Gasteiger partial charge in [0.15, 0.2) is 0 Å². The minimum atomic E-state index is 0.480. The van der Waals surface area contributed by atoms with E-state index >= 15 is 0 Å². The summed E-state index contributed by atoms with van der Waals surface area (Å²) in [5, 5.41) is 4.08. The van der Waals surface area contributed by atoms with Crippen LogP contribution in [0.3, 0.4) is 0 Å². The van der Waals surface area contributed by atoms with Crippen molar-refractivity contribution in [3.8, 4) is 11.3 Å². The predicted molar refractivity (Wildman–Crippen MR) is 60.9 cm³/mol. The molecule has 0 amide bonds. The SMILES string of the molecule is NCc1snnc1-c1ccccc1Br. The highest BCUT2D eigenvalue weighted by atomic mass is 79.9. The molecule has 72 valence electrons. The van der Waals surface area contributed by atoms with E-state index in [9.17, 15) is 0 Å². The Morgan fingerprint density at radius 3 is 2.86 bits per heavy atom. The number of aromatic nitrogens is 2. The number of benzene rings is 1. The molecule has 0 aliphatic carbocycles. The fourth-order valence-corrected chi connectivity index (χ4v) is 2.21. The van der Waals surface area contributed by atoms with E-state index in [-0.39, 0.29) is 0 Å². The highest BCUT2D eigenvalue weighted by Gasteiger charge is 2.10. The van der Waals surface area contributed by atoms with E-state index in [4.69, 9.17) is 5.73 Å². The Bertz CT molecular complexity index is 441. The molecule has 3 nitrogen and oxygen atoms in total. The van der Waals surface area contributed by atoms with Crippen LogP contribution < -0.4 is 5.73 Å². The van der Waals surface area contributed by atoms with Crippen molar-refractivity contribution in [2.75, 3.05) is 0 Å². The fraction of sp³-hybridized carbons (Fsp3) is 0.111. The lowest BCUT2D eigenvalue weighted by atomic mass is 10.1. The normalized spacial score (nSPS) is 10.4. The second-order valence-electron chi connectivity index (χ2n) is 2.73. The van der Waals surface area contributed by atoms with Gasteiger partial charge in [-0.1, -0.05) is 38.6 Å². The van der Waals surface area contributed by atoms with Crippen molar-refractivity contribution in [2.24, 2.45) is 5.73 Å². The summed E-state index contributed by atoms with van der Waals surface area (Å²) in [5.41, 5.74) is 7.52. The quantitative estimate of drug-likeness (QED) is 0.911. The maximum atomic E-state index is 5.60. The van der Waals surface area contributed by atoms with E-state index in [0.717, 1.165) is 20.6 Å². The van der Waals surface area contributed by atoms with Gasteiger partial charge in [-0.25, -0.2) is 0 Å². The van der Waals surface area contributed by atoms with Gasteiger partial charge in [0.1, 0.15) is 5.69 Å². The van der Waals surface area contributed by atoms with Crippen molar-refractivity contribution in [3.05, 3.63) is 33.6 Å². The maximum absolute atomic E-state index is 5.60. The van der Waals surface area contributed by atoms with Gasteiger partial charge in [-0.15, -0.1) is 5.10 Å². The average Bonchev–Trinajstić information content (AvgIpc) is 2.66. The Hall–Kier alpha value is -0.780. The molecule has 1 aromatic carbocycles. The van der Waals surface area contributed by atoms with Crippen LogP contribution >= 0.6 is 27.5 Å². The van der Waals surface area contributed by atoms with Gasteiger partial charge < -0.3 is 5.73 Å². The van der Waals surface area contributed by atoms with Gasteiger partial charge in [-0.3, -0.25) is 0 Å². The maximum Gasteiger partial charge on any atom is 0.111 e. The molecule has 0 fully saturated rings. The molecule has 2 rings (SSSR count). The van der Waals surface area contributed by atoms with E-state index in [0.29, 0.717) is 6.54 Å². The van der Waals surface area contributed by atoms with Gasteiger partial charge in [-0.05, 0) is 17.6 Å². The molecule has 0 bridgehead atoms. The first-order valence-electron chi connectivity index (χ1n) is 4.09. The summed E-state index contributed by atoms with van der Waals surface area (Å²) in [6, 6.07) is 7.92. The van der Waals surface area contributed by atoms with Gasteiger partial charge in [0.25, 0.3) is 0 Å². The van der Waals surface area contributed by atoms with Crippen molar-refractivity contribution in [3.63, 3.8) is 0 Å². The lowest BCUT2D eigenvalue weighted by Crippen LogP contribution is -1.95. The van der Waals surface area contributed by atoms with E-state index in [1.807, 2.05) is 24.3 Å². The Morgan fingerprint density at radius 1 is 1.36 bits per heavy atom. The summed E-state index contributed by atoms with van der Waals surface area (Å²) in [5.74, 6) is 0. The molecule has 14 heavy (non-hydrogen) atoms. The third kappa shape index (κ3) is 1.70. The van der Waals surface area contributed by atoms with Gasteiger partial charge in [-0.2, -0.15) is 0 Å². The zero-order valence-corrected chi connectivity index (χ0v) is 9.68. The molecule has 0 radical (unpaired) electrons. The summed E-state index contributed by atoms with van der Waals surface area (Å²) in [4.78, 5) is 1.01.